The lowest BCUT2D eigenvalue weighted by atomic mass is 9.96. The molecule has 0 radical (unpaired) electrons. The lowest BCUT2D eigenvalue weighted by Gasteiger charge is -2.14. The maximum absolute atomic E-state index is 12.7. The summed E-state index contributed by atoms with van der Waals surface area (Å²) < 4.78 is 33.8. The van der Waals surface area contributed by atoms with Gasteiger partial charge in [-0.2, -0.15) is 9.40 Å². The number of aromatic nitrogens is 5. The number of ether oxygens (including phenoxy) is 1. The number of nitrogens with one attached hydrogen (secondary N) is 1. The second-order valence-corrected chi connectivity index (χ2v) is 7.69. The van der Waals surface area contributed by atoms with Gasteiger partial charge in [0.25, 0.3) is 10.0 Å². The summed E-state index contributed by atoms with van der Waals surface area (Å²) in [6.07, 6.45) is 2.98. The first-order chi connectivity index (χ1) is 10.9. The second-order valence-electron chi connectivity index (χ2n) is 5.80. The van der Waals surface area contributed by atoms with Gasteiger partial charge in [-0.05, 0) is 6.92 Å². The van der Waals surface area contributed by atoms with E-state index >= 15 is 0 Å². The van der Waals surface area contributed by atoms with Crippen LogP contribution in [0.1, 0.15) is 17.6 Å². The van der Waals surface area contributed by atoms with Gasteiger partial charge in [0.15, 0.2) is 10.9 Å². The van der Waals surface area contributed by atoms with Crippen molar-refractivity contribution in [3.8, 4) is 0 Å². The molecule has 9 nitrogen and oxygen atoms in total. The number of rotatable bonds is 5. The van der Waals surface area contributed by atoms with Gasteiger partial charge in [-0.1, -0.05) is 0 Å². The van der Waals surface area contributed by atoms with Crippen LogP contribution in [-0.2, 0) is 21.8 Å². The van der Waals surface area contributed by atoms with Crippen molar-refractivity contribution in [2.75, 3.05) is 26.8 Å². The molecule has 2 aromatic heterocycles. The third-order valence-electron chi connectivity index (χ3n) is 4.02. The highest BCUT2D eigenvalue weighted by Crippen LogP contribution is 2.34. The van der Waals surface area contributed by atoms with Crippen molar-refractivity contribution in [2.24, 2.45) is 13.0 Å². The Hall–Kier alpha value is -1.78. The first-order valence-corrected chi connectivity index (χ1v) is 8.71. The minimum absolute atomic E-state index is 0.00804. The van der Waals surface area contributed by atoms with Crippen LogP contribution in [0.25, 0.3) is 0 Å². The van der Waals surface area contributed by atoms with E-state index in [1.807, 2.05) is 6.92 Å². The molecule has 1 aliphatic rings. The van der Waals surface area contributed by atoms with E-state index in [-0.39, 0.29) is 16.9 Å². The maximum Gasteiger partial charge on any atom is 0.262 e. The molecule has 1 saturated heterocycles. The monoisotopic (exact) mass is 340 g/mol. The Bertz CT molecular complexity index is 783. The van der Waals surface area contributed by atoms with Crippen LogP contribution in [0, 0.1) is 12.8 Å². The van der Waals surface area contributed by atoms with Crippen LogP contribution in [0.3, 0.4) is 0 Å². The lowest BCUT2D eigenvalue weighted by Crippen LogP contribution is -2.29. The SMILES string of the molecule is COC[C@@H]1CN(S(=O)(=O)c2cn(C)cn2)C[C@H]1c1n[nH]c(C)n1. The number of imidazole rings is 1. The summed E-state index contributed by atoms with van der Waals surface area (Å²) in [5, 5.41) is 7.06. The van der Waals surface area contributed by atoms with E-state index in [1.54, 1.807) is 18.7 Å². The van der Waals surface area contributed by atoms with E-state index in [4.69, 9.17) is 4.74 Å². The van der Waals surface area contributed by atoms with Gasteiger partial charge in [-0.3, -0.25) is 5.10 Å². The summed E-state index contributed by atoms with van der Waals surface area (Å²) in [5.41, 5.74) is 0. The Morgan fingerprint density at radius 3 is 2.78 bits per heavy atom. The molecule has 0 aromatic carbocycles. The number of sulfonamides is 1. The van der Waals surface area contributed by atoms with Crippen molar-refractivity contribution in [3.63, 3.8) is 0 Å². The van der Waals surface area contributed by atoms with Crippen LogP contribution >= 0.6 is 0 Å². The normalized spacial score (nSPS) is 22.7. The van der Waals surface area contributed by atoms with Gasteiger partial charge in [0, 0.05) is 45.3 Å². The number of aryl methyl sites for hydroxylation is 2. The Morgan fingerprint density at radius 2 is 2.22 bits per heavy atom. The van der Waals surface area contributed by atoms with Gasteiger partial charge >= 0.3 is 0 Å². The largest absolute Gasteiger partial charge is 0.384 e. The topological polar surface area (TPSA) is 106 Å². The second kappa shape index (κ2) is 6.02. The average Bonchev–Trinajstić information content (AvgIpc) is 3.19. The number of methoxy groups -OCH3 is 1. The third-order valence-corrected chi connectivity index (χ3v) is 5.74. The average molecular weight is 340 g/mol. The van der Waals surface area contributed by atoms with E-state index in [2.05, 4.69) is 20.2 Å². The molecule has 1 aliphatic heterocycles. The zero-order valence-corrected chi connectivity index (χ0v) is 14.1. The van der Waals surface area contributed by atoms with Crippen LogP contribution in [0.2, 0.25) is 0 Å². The third kappa shape index (κ3) is 3.01. The molecule has 1 N–H and O–H groups in total. The van der Waals surface area contributed by atoms with Crippen LogP contribution in [0.4, 0.5) is 0 Å². The van der Waals surface area contributed by atoms with Crippen molar-refractivity contribution in [1.29, 1.82) is 0 Å². The minimum Gasteiger partial charge on any atom is -0.384 e. The maximum atomic E-state index is 12.7. The van der Waals surface area contributed by atoms with Crippen LogP contribution in [0.5, 0.6) is 0 Å². The zero-order valence-electron chi connectivity index (χ0n) is 13.3. The van der Waals surface area contributed by atoms with Crippen molar-refractivity contribution in [1.82, 2.24) is 29.0 Å². The number of H-pyrrole nitrogens is 1. The highest BCUT2D eigenvalue weighted by molar-refractivity contribution is 7.89. The Morgan fingerprint density at radius 1 is 1.43 bits per heavy atom. The Balaban J connectivity index is 1.88. The van der Waals surface area contributed by atoms with Gasteiger partial charge in [-0.15, -0.1) is 0 Å². The smallest absolute Gasteiger partial charge is 0.262 e. The predicted molar refractivity (Wildman–Crippen MR) is 81.2 cm³/mol. The first-order valence-electron chi connectivity index (χ1n) is 7.27. The molecule has 10 heteroatoms. The molecule has 0 aliphatic carbocycles. The number of aromatic amines is 1. The fourth-order valence-electron chi connectivity index (χ4n) is 2.88. The van der Waals surface area contributed by atoms with Crippen molar-refractivity contribution in [2.45, 2.75) is 17.9 Å². The first kappa shape index (κ1) is 16.1. The van der Waals surface area contributed by atoms with E-state index in [0.717, 1.165) is 0 Å². The van der Waals surface area contributed by atoms with Gasteiger partial charge in [-0.25, -0.2) is 18.4 Å². The summed E-state index contributed by atoms with van der Waals surface area (Å²) in [4.78, 5) is 8.32. The number of nitrogens with zero attached hydrogens (tertiary/aromatic N) is 5. The zero-order chi connectivity index (χ0) is 16.6. The van der Waals surface area contributed by atoms with Gasteiger partial charge < -0.3 is 9.30 Å². The van der Waals surface area contributed by atoms with Crippen LogP contribution in [0.15, 0.2) is 17.6 Å². The minimum atomic E-state index is -3.62. The molecule has 0 amide bonds. The molecule has 23 heavy (non-hydrogen) atoms. The molecule has 0 unspecified atom stereocenters. The molecule has 2 atom stereocenters. The summed E-state index contributed by atoms with van der Waals surface area (Å²) in [6.45, 7) is 2.96. The standard InChI is InChI=1S/C13H20N6O3S/c1-9-15-13(17-16-9)11-5-19(4-10(11)7-22-3)23(20,21)12-6-18(2)8-14-12/h6,8,10-11H,4-5,7H2,1-3H3,(H,15,16,17)/t10-,11+/m0/s1. The quantitative estimate of drug-likeness (QED) is 0.814. The van der Waals surface area contributed by atoms with Crippen molar-refractivity contribution in [3.05, 3.63) is 24.2 Å². The Labute approximate surface area is 134 Å². The van der Waals surface area contributed by atoms with Crippen LogP contribution < -0.4 is 0 Å². The summed E-state index contributed by atoms with van der Waals surface area (Å²) in [5.74, 6) is 1.25. The predicted octanol–water partition coefficient (Wildman–Crippen LogP) is -0.103. The molecular formula is C13H20N6O3S. The molecular weight excluding hydrogens is 320 g/mol. The fraction of sp³-hybridized carbons (Fsp3) is 0.615. The van der Waals surface area contributed by atoms with E-state index in [1.165, 1.54) is 16.8 Å². The fourth-order valence-corrected chi connectivity index (χ4v) is 4.37. The molecule has 0 bridgehead atoms. The van der Waals surface area contributed by atoms with Gasteiger partial charge in [0.1, 0.15) is 5.82 Å². The Kier molecular flexibility index (Phi) is 4.21. The van der Waals surface area contributed by atoms with Crippen LogP contribution in [-0.4, -0.2) is 64.3 Å². The summed E-state index contributed by atoms with van der Waals surface area (Å²) in [6, 6.07) is 0. The molecule has 126 valence electrons. The van der Waals surface area contributed by atoms with Crippen molar-refractivity contribution < 1.29 is 13.2 Å². The van der Waals surface area contributed by atoms with Gasteiger partial charge in [0.2, 0.25) is 0 Å². The number of hydrogen-bond acceptors (Lipinski definition) is 6. The summed E-state index contributed by atoms with van der Waals surface area (Å²) >= 11 is 0. The van der Waals surface area contributed by atoms with E-state index in [0.29, 0.717) is 31.3 Å². The van der Waals surface area contributed by atoms with Crippen molar-refractivity contribution >= 4 is 10.0 Å². The summed E-state index contributed by atoms with van der Waals surface area (Å²) in [7, 11) is -0.277. The molecule has 3 rings (SSSR count). The number of hydrogen-bond donors (Lipinski definition) is 1. The molecule has 0 saturated carbocycles. The van der Waals surface area contributed by atoms with E-state index in [9.17, 15) is 8.42 Å². The highest BCUT2D eigenvalue weighted by Gasteiger charge is 2.42. The van der Waals surface area contributed by atoms with E-state index < -0.39 is 10.0 Å². The van der Waals surface area contributed by atoms with Gasteiger partial charge in [0.05, 0.1) is 12.9 Å². The highest BCUT2D eigenvalue weighted by atomic mass is 32.2. The molecule has 0 spiro atoms. The molecule has 3 heterocycles. The lowest BCUT2D eigenvalue weighted by molar-refractivity contribution is 0.150. The molecule has 2 aromatic rings. The molecule has 1 fully saturated rings.